The van der Waals surface area contributed by atoms with Crippen LogP contribution < -0.4 is 4.74 Å². The zero-order valence-corrected chi connectivity index (χ0v) is 11.3. The van der Waals surface area contributed by atoms with Gasteiger partial charge in [-0.2, -0.15) is 13.2 Å². The maximum atomic E-state index is 12.2. The monoisotopic (exact) mass is 305 g/mol. The quantitative estimate of drug-likeness (QED) is 0.856. The van der Waals surface area contributed by atoms with Crippen LogP contribution in [-0.4, -0.2) is 24.9 Å². The fraction of sp³-hybridized carbons (Fsp3) is 0.308. The van der Waals surface area contributed by atoms with Gasteiger partial charge in [0.2, 0.25) is 0 Å². The van der Waals surface area contributed by atoms with Crippen LogP contribution in [0.1, 0.15) is 5.69 Å². The van der Waals surface area contributed by atoms with Crippen molar-refractivity contribution in [3.8, 4) is 5.75 Å². The molecule has 0 saturated heterocycles. The molecule has 0 aliphatic heterocycles. The van der Waals surface area contributed by atoms with E-state index in [1.165, 1.54) is 13.2 Å². The Labute approximate surface area is 118 Å². The Morgan fingerprint density at radius 1 is 1.30 bits per heavy atom. The first kappa shape index (κ1) is 14.9. The Balaban J connectivity index is 2.43. The summed E-state index contributed by atoms with van der Waals surface area (Å²) in [6.45, 7) is -1.16. The minimum absolute atomic E-state index is 0.0414. The minimum Gasteiger partial charge on any atom is -0.482 e. The molecule has 0 unspecified atom stereocenters. The first-order valence-electron chi connectivity index (χ1n) is 5.67. The summed E-state index contributed by atoms with van der Waals surface area (Å²) in [6, 6.07) is 6.27. The highest BCUT2D eigenvalue weighted by molar-refractivity contribution is 6.35. The summed E-state index contributed by atoms with van der Waals surface area (Å²) in [4.78, 5) is 4.22. The van der Waals surface area contributed by atoms with Crippen LogP contribution in [-0.2, 0) is 11.3 Å². The molecule has 0 bridgehead atoms. The highest BCUT2D eigenvalue weighted by atomic mass is 35.5. The Morgan fingerprint density at radius 3 is 2.70 bits per heavy atom. The third-order valence-electron chi connectivity index (χ3n) is 2.49. The van der Waals surface area contributed by atoms with Crippen LogP contribution in [0.5, 0.6) is 5.75 Å². The van der Waals surface area contributed by atoms with Crippen molar-refractivity contribution < 1.29 is 22.6 Å². The molecule has 0 fully saturated rings. The van der Waals surface area contributed by atoms with E-state index in [0.29, 0.717) is 16.1 Å². The van der Waals surface area contributed by atoms with Crippen molar-refractivity contribution in [3.05, 3.63) is 35.0 Å². The Hall–Kier alpha value is -1.53. The summed E-state index contributed by atoms with van der Waals surface area (Å²) in [7, 11) is 1.49. The lowest BCUT2D eigenvalue weighted by molar-refractivity contribution is -0.153. The number of hydrogen-bond donors (Lipinski definition) is 0. The van der Waals surface area contributed by atoms with E-state index in [4.69, 9.17) is 21.1 Å². The number of ether oxygens (including phenoxy) is 2. The van der Waals surface area contributed by atoms with Crippen molar-refractivity contribution in [2.24, 2.45) is 0 Å². The fourth-order valence-corrected chi connectivity index (χ4v) is 2.01. The molecule has 0 saturated carbocycles. The largest absolute Gasteiger partial charge is 0.482 e. The molecule has 0 radical (unpaired) electrons. The molecule has 1 heterocycles. The lowest BCUT2D eigenvalue weighted by atomic mass is 10.2. The second kappa shape index (κ2) is 5.85. The van der Waals surface area contributed by atoms with E-state index in [1.54, 1.807) is 18.2 Å². The molecule has 0 spiro atoms. The first-order valence-corrected chi connectivity index (χ1v) is 6.05. The van der Waals surface area contributed by atoms with E-state index in [1.807, 2.05) is 0 Å². The predicted molar refractivity (Wildman–Crippen MR) is 69.0 cm³/mol. The summed E-state index contributed by atoms with van der Waals surface area (Å²) in [5, 5.41) is 0.922. The Morgan fingerprint density at radius 2 is 2.05 bits per heavy atom. The third-order valence-corrected chi connectivity index (χ3v) is 2.80. The molecule has 3 nitrogen and oxygen atoms in total. The molecule has 0 amide bonds. The number of benzene rings is 1. The van der Waals surface area contributed by atoms with Crippen molar-refractivity contribution in [2.45, 2.75) is 12.8 Å². The number of aromatic nitrogens is 1. The van der Waals surface area contributed by atoms with E-state index in [0.717, 1.165) is 0 Å². The standard InChI is InChI=1S/C13H11ClF3NO2/c1-19-6-8-5-10(14)9-3-2-4-11(12(9)18-8)20-7-13(15,16)17/h2-5H,6-7H2,1H3. The molecule has 0 aliphatic carbocycles. The normalized spacial score (nSPS) is 11.8. The molecule has 0 N–H and O–H groups in total. The highest BCUT2D eigenvalue weighted by Crippen LogP contribution is 2.31. The fourth-order valence-electron chi connectivity index (χ4n) is 1.73. The van der Waals surface area contributed by atoms with Crippen LogP contribution >= 0.6 is 11.6 Å². The van der Waals surface area contributed by atoms with Gasteiger partial charge >= 0.3 is 6.18 Å². The number of hydrogen-bond acceptors (Lipinski definition) is 3. The number of nitrogens with zero attached hydrogens (tertiary/aromatic N) is 1. The molecule has 1 aromatic carbocycles. The molecule has 0 aliphatic rings. The topological polar surface area (TPSA) is 31.4 Å². The smallest absolute Gasteiger partial charge is 0.422 e. The Kier molecular flexibility index (Phi) is 4.35. The number of fused-ring (bicyclic) bond motifs is 1. The van der Waals surface area contributed by atoms with Crippen LogP contribution in [0.15, 0.2) is 24.3 Å². The zero-order valence-electron chi connectivity index (χ0n) is 10.5. The van der Waals surface area contributed by atoms with E-state index in [2.05, 4.69) is 4.98 Å². The van der Waals surface area contributed by atoms with Gasteiger partial charge in [0.1, 0.15) is 11.3 Å². The van der Waals surface area contributed by atoms with Gasteiger partial charge in [-0.05, 0) is 12.1 Å². The summed E-state index contributed by atoms with van der Waals surface area (Å²) in [5.74, 6) is 0.0414. The first-order chi connectivity index (χ1) is 9.40. The minimum atomic E-state index is -4.41. The summed E-state index contributed by atoms with van der Waals surface area (Å²) in [5.41, 5.74) is 0.810. The molecular formula is C13H11ClF3NO2. The Bertz CT molecular complexity index is 616. The van der Waals surface area contributed by atoms with Crippen LogP contribution in [0, 0.1) is 0 Å². The van der Waals surface area contributed by atoms with Crippen LogP contribution in [0.4, 0.5) is 13.2 Å². The van der Waals surface area contributed by atoms with Gasteiger partial charge in [0, 0.05) is 12.5 Å². The second-order valence-electron chi connectivity index (χ2n) is 4.08. The number of para-hydroxylation sites is 1. The van der Waals surface area contributed by atoms with Gasteiger partial charge in [-0.3, -0.25) is 0 Å². The van der Waals surface area contributed by atoms with Gasteiger partial charge in [0.05, 0.1) is 17.3 Å². The zero-order chi connectivity index (χ0) is 14.8. The van der Waals surface area contributed by atoms with Gasteiger partial charge in [-0.25, -0.2) is 4.98 Å². The average molecular weight is 306 g/mol. The highest BCUT2D eigenvalue weighted by Gasteiger charge is 2.28. The lowest BCUT2D eigenvalue weighted by Crippen LogP contribution is -2.19. The average Bonchev–Trinajstić information content (AvgIpc) is 2.36. The SMILES string of the molecule is COCc1cc(Cl)c2cccc(OCC(F)(F)F)c2n1. The molecule has 1 aromatic heterocycles. The second-order valence-corrected chi connectivity index (χ2v) is 4.49. The van der Waals surface area contributed by atoms with Crippen LogP contribution in [0.2, 0.25) is 5.02 Å². The number of halogens is 4. The molecule has 2 rings (SSSR count). The summed E-state index contributed by atoms with van der Waals surface area (Å²) in [6.07, 6.45) is -4.41. The number of methoxy groups -OCH3 is 1. The van der Waals surface area contributed by atoms with Gasteiger partial charge in [0.25, 0.3) is 0 Å². The molecular weight excluding hydrogens is 295 g/mol. The molecule has 0 atom stereocenters. The van der Waals surface area contributed by atoms with Gasteiger partial charge in [0.15, 0.2) is 6.61 Å². The maximum Gasteiger partial charge on any atom is 0.422 e. The van der Waals surface area contributed by atoms with E-state index < -0.39 is 12.8 Å². The van der Waals surface area contributed by atoms with Gasteiger partial charge in [-0.15, -0.1) is 0 Å². The third kappa shape index (κ3) is 3.52. The summed E-state index contributed by atoms with van der Waals surface area (Å²) < 4.78 is 46.4. The van der Waals surface area contributed by atoms with Crippen LogP contribution in [0.25, 0.3) is 10.9 Å². The van der Waals surface area contributed by atoms with Gasteiger partial charge < -0.3 is 9.47 Å². The summed E-state index contributed by atoms with van der Waals surface area (Å²) >= 11 is 6.09. The van der Waals surface area contributed by atoms with E-state index >= 15 is 0 Å². The maximum absolute atomic E-state index is 12.2. The van der Waals surface area contributed by atoms with Crippen molar-refractivity contribution in [1.29, 1.82) is 0 Å². The number of pyridine rings is 1. The molecule has 20 heavy (non-hydrogen) atoms. The van der Waals surface area contributed by atoms with E-state index in [9.17, 15) is 13.2 Å². The van der Waals surface area contributed by atoms with Gasteiger partial charge in [-0.1, -0.05) is 23.7 Å². The van der Waals surface area contributed by atoms with Crippen molar-refractivity contribution >= 4 is 22.5 Å². The lowest BCUT2D eigenvalue weighted by Gasteiger charge is -2.12. The number of alkyl halides is 3. The van der Waals surface area contributed by atoms with Crippen molar-refractivity contribution in [1.82, 2.24) is 4.98 Å². The van der Waals surface area contributed by atoms with E-state index in [-0.39, 0.29) is 17.9 Å². The van der Waals surface area contributed by atoms with Crippen molar-refractivity contribution in [2.75, 3.05) is 13.7 Å². The molecule has 2 aromatic rings. The molecule has 108 valence electrons. The molecule has 7 heteroatoms. The predicted octanol–water partition coefficient (Wildman–Crippen LogP) is 3.98. The van der Waals surface area contributed by atoms with Crippen molar-refractivity contribution in [3.63, 3.8) is 0 Å². The van der Waals surface area contributed by atoms with Crippen LogP contribution in [0.3, 0.4) is 0 Å². The number of rotatable bonds is 4.